The largest absolute Gasteiger partial charge is 0.461 e. The Hall–Kier alpha value is -3.89. The van der Waals surface area contributed by atoms with Gasteiger partial charge in [-0.2, -0.15) is 9.97 Å². The molecule has 7 nitrogen and oxygen atoms in total. The van der Waals surface area contributed by atoms with E-state index in [1.54, 1.807) is 41.3 Å². The zero-order chi connectivity index (χ0) is 31.5. The van der Waals surface area contributed by atoms with Gasteiger partial charge in [0.05, 0.1) is 10.6 Å². The van der Waals surface area contributed by atoms with E-state index in [2.05, 4.69) is 16.5 Å². The van der Waals surface area contributed by atoms with E-state index in [0.29, 0.717) is 54.8 Å². The number of hydrogen-bond donors (Lipinski definition) is 0. The molecule has 45 heavy (non-hydrogen) atoms. The number of amides is 1. The summed E-state index contributed by atoms with van der Waals surface area (Å²) in [5.74, 6) is -0.961. The summed E-state index contributed by atoms with van der Waals surface area (Å²) in [4.78, 5) is 27.5. The predicted molar refractivity (Wildman–Crippen MR) is 170 cm³/mol. The number of benzene rings is 3. The van der Waals surface area contributed by atoms with Crippen LogP contribution in [0.2, 0.25) is 5.02 Å². The van der Waals surface area contributed by atoms with Crippen molar-refractivity contribution in [3.8, 4) is 17.1 Å². The normalized spacial score (nSPS) is 23.6. The van der Waals surface area contributed by atoms with Crippen LogP contribution in [-0.4, -0.2) is 82.8 Å². The molecule has 1 amide bonds. The molecule has 0 radical (unpaired) electrons. The average molecular weight is 636 g/mol. The average Bonchev–Trinajstić information content (AvgIpc) is 3.55. The number of piperazine rings is 1. The van der Waals surface area contributed by atoms with Crippen LogP contribution < -0.4 is 9.64 Å². The Balaban J connectivity index is 1.36. The minimum absolute atomic E-state index is 0.0184. The molecule has 234 valence electrons. The molecule has 3 saturated heterocycles. The van der Waals surface area contributed by atoms with Gasteiger partial charge in [0, 0.05) is 55.0 Å². The number of nitrogens with zero attached hydrogens (tertiary/aromatic N) is 5. The minimum atomic E-state index is -0.930. The van der Waals surface area contributed by atoms with Crippen LogP contribution in [-0.2, 0) is 4.79 Å². The number of anilines is 1. The maximum absolute atomic E-state index is 16.8. The van der Waals surface area contributed by atoms with E-state index in [9.17, 15) is 9.18 Å². The Morgan fingerprint density at radius 2 is 1.96 bits per heavy atom. The van der Waals surface area contributed by atoms with Crippen molar-refractivity contribution in [3.63, 3.8) is 0 Å². The Morgan fingerprint density at radius 3 is 2.73 bits per heavy atom. The van der Waals surface area contributed by atoms with E-state index in [1.165, 1.54) is 12.1 Å². The molecule has 0 unspecified atom stereocenters. The summed E-state index contributed by atoms with van der Waals surface area (Å²) in [5.41, 5.74) is -0.133. The molecule has 1 aromatic heterocycles. The highest BCUT2D eigenvalue weighted by molar-refractivity contribution is 6.35. The summed E-state index contributed by atoms with van der Waals surface area (Å²) < 4.78 is 52.6. The van der Waals surface area contributed by atoms with E-state index in [4.69, 9.17) is 21.3 Å². The number of aromatic nitrogens is 2. The van der Waals surface area contributed by atoms with Gasteiger partial charge in [-0.1, -0.05) is 48.5 Å². The number of rotatable bonds is 6. The zero-order valence-corrected chi connectivity index (χ0v) is 25.7. The maximum Gasteiger partial charge on any atom is 0.319 e. The number of halogens is 4. The highest BCUT2D eigenvalue weighted by Crippen LogP contribution is 2.43. The van der Waals surface area contributed by atoms with Crippen molar-refractivity contribution in [1.29, 1.82) is 0 Å². The molecule has 0 spiro atoms. The lowest BCUT2D eigenvalue weighted by Crippen LogP contribution is -2.53. The van der Waals surface area contributed by atoms with Crippen LogP contribution in [0.3, 0.4) is 0 Å². The van der Waals surface area contributed by atoms with Crippen LogP contribution in [0.15, 0.2) is 55.1 Å². The van der Waals surface area contributed by atoms with Gasteiger partial charge in [0.25, 0.3) is 0 Å². The van der Waals surface area contributed by atoms with Gasteiger partial charge in [-0.05, 0) is 55.5 Å². The molecule has 0 N–H and O–H groups in total. The summed E-state index contributed by atoms with van der Waals surface area (Å²) in [6.45, 7) is 8.14. The molecule has 11 heteroatoms. The molecule has 7 rings (SSSR count). The van der Waals surface area contributed by atoms with Gasteiger partial charge in [0.1, 0.15) is 29.9 Å². The molecule has 0 saturated carbocycles. The second-order valence-corrected chi connectivity index (χ2v) is 12.7. The van der Waals surface area contributed by atoms with E-state index >= 15 is 8.78 Å². The highest BCUT2D eigenvalue weighted by atomic mass is 35.5. The standard InChI is InChI=1S/C34H33ClF3N5O2/c1-3-27(44)41-13-14-43(20(2)17-41)32-24-15-25(35)29(23-9-4-7-21-8-5-10-26(37)28(21)23)30(38)31(24)39-33(40-32)45-19-34-11-6-12-42(34)18-22(36)16-34/h3-5,7-10,15,20,22H,1,6,11-14,16-19H2,2H3/t20-,22-,34+/m1/s1. The third-order valence-corrected chi connectivity index (χ3v) is 9.88. The lowest BCUT2D eigenvalue weighted by atomic mass is 9.95. The summed E-state index contributed by atoms with van der Waals surface area (Å²) in [5, 5.41) is 1.32. The van der Waals surface area contributed by atoms with Gasteiger partial charge < -0.3 is 14.5 Å². The molecule has 3 aliphatic rings. The van der Waals surface area contributed by atoms with E-state index in [-0.39, 0.29) is 46.1 Å². The summed E-state index contributed by atoms with van der Waals surface area (Å²) in [7, 11) is 0. The van der Waals surface area contributed by atoms with Crippen LogP contribution in [0.5, 0.6) is 6.01 Å². The van der Waals surface area contributed by atoms with Crippen molar-refractivity contribution in [3.05, 3.63) is 71.8 Å². The van der Waals surface area contributed by atoms with Gasteiger partial charge >= 0.3 is 6.01 Å². The Bertz CT molecular complexity index is 1830. The first kappa shape index (κ1) is 29.8. The molecule has 0 bridgehead atoms. The van der Waals surface area contributed by atoms with Gasteiger partial charge in [0.2, 0.25) is 5.91 Å². The Morgan fingerprint density at radius 1 is 1.16 bits per heavy atom. The smallest absolute Gasteiger partial charge is 0.319 e. The lowest BCUT2D eigenvalue weighted by Gasteiger charge is -2.40. The zero-order valence-electron chi connectivity index (χ0n) is 24.9. The molecule has 0 aliphatic carbocycles. The molecule has 3 aliphatic heterocycles. The van der Waals surface area contributed by atoms with Gasteiger partial charge in [0.15, 0.2) is 5.82 Å². The van der Waals surface area contributed by atoms with Crippen LogP contribution in [0.1, 0.15) is 26.2 Å². The fourth-order valence-electron chi connectivity index (χ4n) is 7.44. The molecule has 3 atom stereocenters. The first-order valence-corrected chi connectivity index (χ1v) is 15.6. The lowest BCUT2D eigenvalue weighted by molar-refractivity contribution is -0.126. The van der Waals surface area contributed by atoms with Crippen molar-refractivity contribution < 1.29 is 22.7 Å². The quantitative estimate of drug-likeness (QED) is 0.224. The third-order valence-electron chi connectivity index (χ3n) is 9.58. The fraction of sp³-hybridized carbons (Fsp3) is 0.382. The van der Waals surface area contributed by atoms with E-state index in [0.717, 1.165) is 19.4 Å². The summed E-state index contributed by atoms with van der Waals surface area (Å²) in [6, 6.07) is 11.2. The molecule has 4 aromatic rings. The number of carbonyl (C=O) groups is 1. The van der Waals surface area contributed by atoms with Crippen LogP contribution in [0.25, 0.3) is 32.8 Å². The number of fused-ring (bicyclic) bond motifs is 3. The second-order valence-electron chi connectivity index (χ2n) is 12.3. The van der Waals surface area contributed by atoms with Gasteiger partial charge in [-0.3, -0.25) is 9.69 Å². The third kappa shape index (κ3) is 5.08. The van der Waals surface area contributed by atoms with Crippen molar-refractivity contribution >= 4 is 45.0 Å². The predicted octanol–water partition coefficient (Wildman–Crippen LogP) is 6.56. The van der Waals surface area contributed by atoms with Crippen molar-refractivity contribution in [2.45, 2.75) is 43.9 Å². The molecular formula is C34H33ClF3N5O2. The summed E-state index contributed by atoms with van der Waals surface area (Å²) >= 11 is 6.81. The molecule has 3 fully saturated rings. The Labute approximate surface area is 264 Å². The minimum Gasteiger partial charge on any atom is -0.461 e. The molecule has 4 heterocycles. The van der Waals surface area contributed by atoms with Crippen molar-refractivity contribution in [1.82, 2.24) is 19.8 Å². The van der Waals surface area contributed by atoms with Crippen LogP contribution >= 0.6 is 11.6 Å². The van der Waals surface area contributed by atoms with E-state index < -0.39 is 23.3 Å². The number of ether oxygens (including phenoxy) is 1. The molecular weight excluding hydrogens is 603 g/mol. The number of alkyl halides is 1. The number of carbonyl (C=O) groups excluding carboxylic acids is 1. The topological polar surface area (TPSA) is 61.8 Å². The molecule has 3 aromatic carbocycles. The SMILES string of the molecule is C=CC(=O)N1CCN(c2nc(OC[C@@]34CCCN3C[C@H](F)C4)nc3c(F)c(-c4cccc5cccc(F)c45)c(Cl)cc23)[C@H](C)C1. The maximum atomic E-state index is 16.8. The highest BCUT2D eigenvalue weighted by Gasteiger charge is 2.49. The number of hydrogen-bond acceptors (Lipinski definition) is 6. The monoisotopic (exact) mass is 635 g/mol. The van der Waals surface area contributed by atoms with Crippen molar-refractivity contribution in [2.75, 3.05) is 44.2 Å². The van der Waals surface area contributed by atoms with Gasteiger partial charge in [-0.15, -0.1) is 0 Å². The Kier molecular flexibility index (Phi) is 7.60. The van der Waals surface area contributed by atoms with E-state index in [1.807, 2.05) is 11.8 Å². The first-order chi connectivity index (χ1) is 21.7. The van der Waals surface area contributed by atoms with Crippen molar-refractivity contribution in [2.24, 2.45) is 0 Å². The van der Waals surface area contributed by atoms with Crippen LogP contribution in [0, 0.1) is 11.6 Å². The first-order valence-electron chi connectivity index (χ1n) is 15.3. The summed E-state index contributed by atoms with van der Waals surface area (Å²) in [6.07, 6.45) is 2.47. The van der Waals surface area contributed by atoms with Crippen LogP contribution in [0.4, 0.5) is 19.0 Å². The van der Waals surface area contributed by atoms with Gasteiger partial charge in [-0.25, -0.2) is 13.2 Å². The second kappa shape index (κ2) is 11.5. The fourth-order valence-corrected chi connectivity index (χ4v) is 7.74.